The van der Waals surface area contributed by atoms with Crippen LogP contribution in [0.15, 0.2) is 24.3 Å². The molecule has 1 saturated heterocycles. The third kappa shape index (κ3) is 3.37. The van der Waals surface area contributed by atoms with Gasteiger partial charge in [-0.1, -0.05) is 0 Å². The number of aliphatic hydroxyl groups is 4. The lowest BCUT2D eigenvalue weighted by Crippen LogP contribution is -2.60. The van der Waals surface area contributed by atoms with Crippen molar-refractivity contribution < 1.29 is 39.4 Å². The Kier molecular flexibility index (Phi) is 5.33. The van der Waals surface area contributed by atoms with Gasteiger partial charge in [0.25, 0.3) is 0 Å². The van der Waals surface area contributed by atoms with Crippen LogP contribution < -0.4 is 4.74 Å². The predicted molar refractivity (Wildman–Crippen MR) is 72.2 cm³/mol. The molecule has 2 rings (SSSR count). The van der Waals surface area contributed by atoms with E-state index >= 15 is 0 Å². The molecule has 0 unspecified atom stereocenters. The summed E-state index contributed by atoms with van der Waals surface area (Å²) in [5.41, 5.74) is 0.323. The molecule has 1 aliphatic rings. The number of hydrogen-bond donors (Lipinski definition) is 4. The number of carbonyl (C=O) groups is 1. The normalized spacial score (nSPS) is 31.6. The maximum Gasteiger partial charge on any atom is 0.337 e. The standard InChI is InChI=1S/C14H18O8/c1-20-13(19)7-2-4-8(5-3-7)21-14-12(18)11(17)10(16)9(6-15)22-14/h2-5,9-12,14-18H,6H2,1H3/t9-,10+,11+,12-,14-/m1/s1. The van der Waals surface area contributed by atoms with E-state index in [4.69, 9.17) is 14.6 Å². The van der Waals surface area contributed by atoms with Gasteiger partial charge in [-0.2, -0.15) is 0 Å². The van der Waals surface area contributed by atoms with Crippen molar-refractivity contribution in [2.45, 2.75) is 30.7 Å². The van der Waals surface area contributed by atoms with Crippen LogP contribution in [0, 0.1) is 0 Å². The lowest BCUT2D eigenvalue weighted by molar-refractivity contribution is -0.277. The number of ether oxygens (including phenoxy) is 3. The zero-order chi connectivity index (χ0) is 16.3. The number of esters is 1. The fourth-order valence-electron chi connectivity index (χ4n) is 2.09. The Bertz CT molecular complexity index is 500. The minimum absolute atomic E-state index is 0.275. The van der Waals surface area contributed by atoms with Gasteiger partial charge in [0.1, 0.15) is 30.2 Å². The molecule has 1 aromatic rings. The van der Waals surface area contributed by atoms with E-state index in [9.17, 15) is 20.1 Å². The summed E-state index contributed by atoms with van der Waals surface area (Å²) in [4.78, 5) is 11.3. The molecule has 1 fully saturated rings. The van der Waals surface area contributed by atoms with Gasteiger partial charge >= 0.3 is 5.97 Å². The van der Waals surface area contributed by atoms with Crippen LogP contribution in [0.5, 0.6) is 5.75 Å². The van der Waals surface area contributed by atoms with Crippen LogP contribution in [0.4, 0.5) is 0 Å². The van der Waals surface area contributed by atoms with Gasteiger partial charge in [-0.3, -0.25) is 0 Å². The highest BCUT2D eigenvalue weighted by Crippen LogP contribution is 2.24. The molecule has 0 spiro atoms. The Balaban J connectivity index is 2.07. The highest BCUT2D eigenvalue weighted by atomic mass is 16.7. The fraction of sp³-hybridized carbons (Fsp3) is 0.500. The maximum absolute atomic E-state index is 11.3. The zero-order valence-electron chi connectivity index (χ0n) is 11.8. The summed E-state index contributed by atoms with van der Waals surface area (Å²) in [6.07, 6.45) is -6.75. The van der Waals surface area contributed by atoms with E-state index < -0.39 is 43.3 Å². The van der Waals surface area contributed by atoms with Crippen molar-refractivity contribution >= 4 is 5.97 Å². The first-order valence-corrected chi connectivity index (χ1v) is 6.63. The second-order valence-corrected chi connectivity index (χ2v) is 4.83. The number of aliphatic hydroxyl groups excluding tert-OH is 4. The molecule has 8 nitrogen and oxygen atoms in total. The Morgan fingerprint density at radius 3 is 2.32 bits per heavy atom. The fourth-order valence-corrected chi connectivity index (χ4v) is 2.09. The molecule has 1 heterocycles. The minimum atomic E-state index is -1.51. The highest BCUT2D eigenvalue weighted by Gasteiger charge is 2.44. The lowest BCUT2D eigenvalue weighted by atomic mass is 9.99. The van der Waals surface area contributed by atoms with E-state index in [1.54, 1.807) is 0 Å². The minimum Gasteiger partial charge on any atom is -0.465 e. The van der Waals surface area contributed by atoms with E-state index in [0.29, 0.717) is 5.56 Å². The average Bonchev–Trinajstić information content (AvgIpc) is 2.55. The quantitative estimate of drug-likeness (QED) is 0.503. The Morgan fingerprint density at radius 2 is 1.77 bits per heavy atom. The van der Waals surface area contributed by atoms with E-state index in [0.717, 1.165) is 0 Å². The van der Waals surface area contributed by atoms with Gasteiger partial charge < -0.3 is 34.6 Å². The van der Waals surface area contributed by atoms with Crippen molar-refractivity contribution in [1.82, 2.24) is 0 Å². The van der Waals surface area contributed by atoms with Gasteiger partial charge in [0.15, 0.2) is 0 Å². The van der Waals surface area contributed by atoms with Crippen molar-refractivity contribution in [1.29, 1.82) is 0 Å². The molecule has 0 aliphatic carbocycles. The van der Waals surface area contributed by atoms with Crippen LogP contribution in [0.1, 0.15) is 10.4 Å². The average molecular weight is 314 g/mol. The van der Waals surface area contributed by atoms with Gasteiger partial charge in [-0.25, -0.2) is 4.79 Å². The van der Waals surface area contributed by atoms with Crippen LogP contribution in [-0.4, -0.2) is 70.8 Å². The van der Waals surface area contributed by atoms with Crippen LogP contribution in [0.2, 0.25) is 0 Å². The summed E-state index contributed by atoms with van der Waals surface area (Å²) in [5.74, 6) is -0.226. The Morgan fingerprint density at radius 1 is 1.14 bits per heavy atom. The first-order chi connectivity index (χ1) is 10.5. The molecule has 4 N–H and O–H groups in total. The number of rotatable bonds is 4. The van der Waals surface area contributed by atoms with E-state index in [1.165, 1.54) is 31.4 Å². The molecule has 0 radical (unpaired) electrons. The second-order valence-electron chi connectivity index (χ2n) is 4.83. The summed E-state index contributed by atoms with van der Waals surface area (Å²) in [7, 11) is 1.26. The van der Waals surface area contributed by atoms with Crippen molar-refractivity contribution in [3.63, 3.8) is 0 Å². The van der Waals surface area contributed by atoms with Gasteiger partial charge in [0, 0.05) is 0 Å². The topological polar surface area (TPSA) is 126 Å². The molecule has 122 valence electrons. The summed E-state index contributed by atoms with van der Waals surface area (Å²) in [6, 6.07) is 5.86. The SMILES string of the molecule is COC(=O)c1ccc(O[C@@H]2O[C@H](CO)[C@H](O)[C@H](O)[C@H]2O)cc1. The van der Waals surface area contributed by atoms with Crippen LogP contribution >= 0.6 is 0 Å². The molecule has 1 aliphatic heterocycles. The zero-order valence-corrected chi connectivity index (χ0v) is 11.8. The first kappa shape index (κ1) is 16.7. The lowest BCUT2D eigenvalue weighted by Gasteiger charge is -2.39. The number of carbonyl (C=O) groups excluding carboxylic acids is 1. The first-order valence-electron chi connectivity index (χ1n) is 6.63. The molecule has 0 saturated carbocycles. The largest absolute Gasteiger partial charge is 0.465 e. The van der Waals surface area contributed by atoms with Crippen molar-refractivity contribution in [3.8, 4) is 5.75 Å². The number of hydrogen-bond acceptors (Lipinski definition) is 8. The molecule has 5 atom stereocenters. The van der Waals surface area contributed by atoms with Gasteiger partial charge in [-0.15, -0.1) is 0 Å². The summed E-state index contributed by atoms with van der Waals surface area (Å²) >= 11 is 0. The molecule has 0 bridgehead atoms. The third-order valence-corrected chi connectivity index (χ3v) is 3.38. The van der Waals surface area contributed by atoms with Crippen LogP contribution in [-0.2, 0) is 9.47 Å². The second kappa shape index (κ2) is 7.03. The third-order valence-electron chi connectivity index (χ3n) is 3.38. The van der Waals surface area contributed by atoms with Crippen molar-refractivity contribution in [2.24, 2.45) is 0 Å². The monoisotopic (exact) mass is 314 g/mol. The maximum atomic E-state index is 11.3. The number of methoxy groups -OCH3 is 1. The molecular formula is C14H18O8. The summed E-state index contributed by atoms with van der Waals surface area (Å²) in [5, 5.41) is 38.3. The predicted octanol–water partition coefficient (Wildman–Crippen LogP) is -1.35. The van der Waals surface area contributed by atoms with Crippen LogP contribution in [0.3, 0.4) is 0 Å². The molecule has 8 heteroatoms. The molecular weight excluding hydrogens is 296 g/mol. The highest BCUT2D eigenvalue weighted by molar-refractivity contribution is 5.89. The molecule has 0 amide bonds. The molecule has 1 aromatic carbocycles. The summed E-state index contributed by atoms with van der Waals surface area (Å²) in [6.45, 7) is -0.536. The van der Waals surface area contributed by atoms with Gasteiger partial charge in [0.2, 0.25) is 6.29 Å². The molecule has 0 aromatic heterocycles. The van der Waals surface area contributed by atoms with E-state index in [1.807, 2.05) is 0 Å². The Hall–Kier alpha value is -1.71. The number of benzene rings is 1. The van der Waals surface area contributed by atoms with Gasteiger partial charge in [-0.05, 0) is 24.3 Å². The Labute approximate surface area is 126 Å². The van der Waals surface area contributed by atoms with Crippen LogP contribution in [0.25, 0.3) is 0 Å². The van der Waals surface area contributed by atoms with Crippen molar-refractivity contribution in [3.05, 3.63) is 29.8 Å². The van der Waals surface area contributed by atoms with Gasteiger partial charge in [0.05, 0.1) is 19.3 Å². The summed E-state index contributed by atoms with van der Waals surface area (Å²) < 4.78 is 15.2. The van der Waals surface area contributed by atoms with E-state index in [-0.39, 0.29) is 5.75 Å². The smallest absolute Gasteiger partial charge is 0.337 e. The van der Waals surface area contributed by atoms with E-state index in [2.05, 4.69) is 4.74 Å². The van der Waals surface area contributed by atoms with Crippen molar-refractivity contribution in [2.75, 3.05) is 13.7 Å². The molecule has 22 heavy (non-hydrogen) atoms.